The second-order valence-electron chi connectivity index (χ2n) is 6.87. The molecule has 146 valence electrons. The van der Waals surface area contributed by atoms with Crippen molar-refractivity contribution in [2.45, 2.75) is 19.3 Å². The number of nitrogens with one attached hydrogen (secondary N) is 2. The summed E-state index contributed by atoms with van der Waals surface area (Å²) in [6.07, 6.45) is 2.59. The molecule has 7 heteroatoms. The first kappa shape index (κ1) is 18.2. The van der Waals surface area contributed by atoms with Crippen LogP contribution >= 0.6 is 0 Å². The highest BCUT2D eigenvalue weighted by atomic mass is 16.7. The molecule has 1 aliphatic heterocycles. The van der Waals surface area contributed by atoms with Crippen LogP contribution in [0.15, 0.2) is 42.5 Å². The Hall–Kier alpha value is -3.22. The van der Waals surface area contributed by atoms with Crippen LogP contribution in [-0.2, 0) is 16.0 Å². The zero-order valence-electron chi connectivity index (χ0n) is 15.4. The van der Waals surface area contributed by atoms with Gasteiger partial charge in [0.2, 0.25) is 12.7 Å². The van der Waals surface area contributed by atoms with Gasteiger partial charge < -0.3 is 24.8 Å². The summed E-state index contributed by atoms with van der Waals surface area (Å²) in [5, 5.41) is 5.70. The van der Waals surface area contributed by atoms with Crippen molar-refractivity contribution in [2.24, 2.45) is 5.92 Å². The van der Waals surface area contributed by atoms with E-state index in [2.05, 4.69) is 10.6 Å². The van der Waals surface area contributed by atoms with Gasteiger partial charge in [0.1, 0.15) is 5.75 Å². The van der Waals surface area contributed by atoms with Crippen molar-refractivity contribution >= 4 is 17.5 Å². The van der Waals surface area contributed by atoms with E-state index in [1.165, 1.54) is 0 Å². The maximum absolute atomic E-state index is 12.0. The first-order valence-corrected chi connectivity index (χ1v) is 9.36. The molecule has 1 fully saturated rings. The molecule has 2 aliphatic rings. The van der Waals surface area contributed by atoms with Gasteiger partial charge in [-0.2, -0.15) is 0 Å². The van der Waals surface area contributed by atoms with E-state index in [1.807, 2.05) is 18.2 Å². The molecule has 0 aromatic heterocycles. The number of hydrogen-bond donors (Lipinski definition) is 2. The summed E-state index contributed by atoms with van der Waals surface area (Å²) in [6.45, 7) is 0.665. The van der Waals surface area contributed by atoms with Crippen LogP contribution in [0.25, 0.3) is 0 Å². The van der Waals surface area contributed by atoms with Gasteiger partial charge >= 0.3 is 0 Å². The van der Waals surface area contributed by atoms with E-state index >= 15 is 0 Å². The summed E-state index contributed by atoms with van der Waals surface area (Å²) >= 11 is 0. The van der Waals surface area contributed by atoms with Crippen LogP contribution < -0.4 is 24.8 Å². The third-order valence-electron chi connectivity index (χ3n) is 4.59. The smallest absolute Gasteiger partial charge is 0.257 e. The largest absolute Gasteiger partial charge is 0.484 e. The maximum atomic E-state index is 12.0. The second-order valence-corrected chi connectivity index (χ2v) is 6.87. The van der Waals surface area contributed by atoms with Gasteiger partial charge in [0.05, 0.1) is 0 Å². The second kappa shape index (κ2) is 8.21. The van der Waals surface area contributed by atoms with Crippen LogP contribution in [0.2, 0.25) is 0 Å². The molecule has 2 aromatic rings. The normalized spacial score (nSPS) is 14.4. The zero-order chi connectivity index (χ0) is 19.3. The Morgan fingerprint density at radius 3 is 2.79 bits per heavy atom. The molecule has 1 aliphatic carbocycles. The van der Waals surface area contributed by atoms with Crippen molar-refractivity contribution in [3.63, 3.8) is 0 Å². The van der Waals surface area contributed by atoms with Gasteiger partial charge in [-0.15, -0.1) is 0 Å². The summed E-state index contributed by atoms with van der Waals surface area (Å²) in [5.41, 5.74) is 1.74. The number of anilines is 1. The molecule has 1 heterocycles. The van der Waals surface area contributed by atoms with Crippen LogP contribution in [0.5, 0.6) is 17.2 Å². The number of ether oxygens (including phenoxy) is 3. The molecule has 28 heavy (non-hydrogen) atoms. The van der Waals surface area contributed by atoms with E-state index in [0.717, 1.165) is 29.9 Å². The summed E-state index contributed by atoms with van der Waals surface area (Å²) in [4.78, 5) is 23.8. The molecule has 1 saturated carbocycles. The van der Waals surface area contributed by atoms with Gasteiger partial charge in [-0.05, 0) is 49.1 Å². The molecule has 2 aromatic carbocycles. The lowest BCUT2D eigenvalue weighted by Gasteiger charge is -2.10. The number of fused-ring (bicyclic) bond motifs is 1. The Labute approximate surface area is 163 Å². The van der Waals surface area contributed by atoms with Crippen LogP contribution in [-0.4, -0.2) is 31.8 Å². The predicted octanol–water partition coefficient (Wildman–Crippen LogP) is 2.50. The van der Waals surface area contributed by atoms with Crippen LogP contribution in [0, 0.1) is 5.92 Å². The molecule has 2 amide bonds. The van der Waals surface area contributed by atoms with Crippen molar-refractivity contribution in [2.75, 3.05) is 25.3 Å². The van der Waals surface area contributed by atoms with E-state index in [9.17, 15) is 9.59 Å². The van der Waals surface area contributed by atoms with Crippen LogP contribution in [0.4, 0.5) is 5.69 Å². The Morgan fingerprint density at radius 2 is 1.93 bits per heavy atom. The monoisotopic (exact) mass is 382 g/mol. The molecule has 2 N–H and O–H groups in total. The Kier molecular flexibility index (Phi) is 5.32. The van der Waals surface area contributed by atoms with Crippen LogP contribution in [0.3, 0.4) is 0 Å². The molecule has 0 spiro atoms. The van der Waals surface area contributed by atoms with Gasteiger partial charge in [0.15, 0.2) is 18.1 Å². The maximum Gasteiger partial charge on any atom is 0.257 e. The molecule has 0 radical (unpaired) electrons. The van der Waals surface area contributed by atoms with Crippen molar-refractivity contribution < 1.29 is 23.8 Å². The fourth-order valence-electron chi connectivity index (χ4n) is 2.90. The summed E-state index contributed by atoms with van der Waals surface area (Å²) < 4.78 is 16.2. The third kappa shape index (κ3) is 4.73. The Balaban J connectivity index is 1.19. The highest BCUT2D eigenvalue weighted by Gasteiger charge is 2.29. The van der Waals surface area contributed by atoms with Crippen molar-refractivity contribution in [3.8, 4) is 17.2 Å². The summed E-state index contributed by atoms with van der Waals surface area (Å²) in [5.74, 6) is 2.00. The van der Waals surface area contributed by atoms with E-state index in [4.69, 9.17) is 14.2 Å². The number of hydrogen-bond acceptors (Lipinski definition) is 5. The first-order chi connectivity index (χ1) is 13.7. The SMILES string of the molecule is O=C(COc1cccc(NC(=O)C2CC2)c1)NCCc1ccc2c(c1)OCO2. The lowest BCUT2D eigenvalue weighted by Crippen LogP contribution is -2.30. The van der Waals surface area contributed by atoms with E-state index in [1.54, 1.807) is 24.3 Å². The molecular weight excluding hydrogens is 360 g/mol. The topological polar surface area (TPSA) is 85.9 Å². The van der Waals surface area contributed by atoms with Gasteiger partial charge in [0.25, 0.3) is 5.91 Å². The number of benzene rings is 2. The summed E-state index contributed by atoms with van der Waals surface area (Å²) in [6, 6.07) is 12.8. The fourth-order valence-corrected chi connectivity index (χ4v) is 2.90. The minimum absolute atomic E-state index is 0.0402. The molecule has 4 rings (SSSR count). The highest BCUT2D eigenvalue weighted by Crippen LogP contribution is 2.32. The Morgan fingerprint density at radius 1 is 1.07 bits per heavy atom. The minimum atomic E-state index is -0.201. The van der Waals surface area contributed by atoms with Gasteiger partial charge in [-0.3, -0.25) is 9.59 Å². The number of carbonyl (C=O) groups excluding carboxylic acids is 2. The molecule has 0 atom stereocenters. The van der Waals surface area contributed by atoms with Crippen molar-refractivity contribution in [3.05, 3.63) is 48.0 Å². The average molecular weight is 382 g/mol. The number of rotatable bonds is 8. The first-order valence-electron chi connectivity index (χ1n) is 9.36. The quantitative estimate of drug-likeness (QED) is 0.733. The summed E-state index contributed by atoms with van der Waals surface area (Å²) in [7, 11) is 0. The van der Waals surface area contributed by atoms with E-state index in [-0.39, 0.29) is 31.1 Å². The Bertz CT molecular complexity index is 879. The number of amides is 2. The zero-order valence-corrected chi connectivity index (χ0v) is 15.4. The lowest BCUT2D eigenvalue weighted by molar-refractivity contribution is -0.123. The van der Waals surface area contributed by atoms with Gasteiger partial charge in [0, 0.05) is 24.2 Å². The molecule has 0 saturated heterocycles. The molecular formula is C21H22N2O5. The molecule has 0 bridgehead atoms. The molecule has 0 unspecified atom stereocenters. The predicted molar refractivity (Wildman–Crippen MR) is 103 cm³/mol. The fraction of sp³-hybridized carbons (Fsp3) is 0.333. The van der Waals surface area contributed by atoms with E-state index < -0.39 is 0 Å². The van der Waals surface area contributed by atoms with Gasteiger partial charge in [-0.25, -0.2) is 0 Å². The third-order valence-corrected chi connectivity index (χ3v) is 4.59. The lowest BCUT2D eigenvalue weighted by atomic mass is 10.1. The highest BCUT2D eigenvalue weighted by molar-refractivity contribution is 5.94. The average Bonchev–Trinajstić information content (AvgIpc) is 3.45. The minimum Gasteiger partial charge on any atom is -0.484 e. The van der Waals surface area contributed by atoms with E-state index in [0.29, 0.717) is 24.4 Å². The standard InChI is InChI=1S/C21H22N2O5/c24-20(22-9-8-14-4-7-18-19(10-14)28-13-27-18)12-26-17-3-1-2-16(11-17)23-21(25)15-5-6-15/h1-4,7,10-11,15H,5-6,8-9,12-13H2,(H,22,24)(H,23,25). The molecule has 7 nitrogen and oxygen atoms in total. The van der Waals surface area contributed by atoms with Crippen molar-refractivity contribution in [1.82, 2.24) is 5.32 Å². The van der Waals surface area contributed by atoms with Crippen molar-refractivity contribution in [1.29, 1.82) is 0 Å². The number of carbonyl (C=O) groups is 2. The van der Waals surface area contributed by atoms with Gasteiger partial charge in [-0.1, -0.05) is 12.1 Å². The van der Waals surface area contributed by atoms with Crippen LogP contribution in [0.1, 0.15) is 18.4 Å².